The quantitative estimate of drug-likeness (QED) is 0.550. The SMILES string of the molecule is Cn1nc(-c2ccccc2)cc1C1=Nc2c(cccc2C(=O)Nc2nccs2)C1. The van der Waals surface area contributed by atoms with Crippen LogP contribution in [0.2, 0.25) is 0 Å². The molecule has 7 heteroatoms. The minimum absolute atomic E-state index is 0.197. The highest BCUT2D eigenvalue weighted by atomic mass is 32.1. The molecule has 0 atom stereocenters. The van der Waals surface area contributed by atoms with Crippen LogP contribution in [0, 0.1) is 0 Å². The number of hydrogen-bond acceptors (Lipinski definition) is 5. The van der Waals surface area contributed by atoms with Crippen LogP contribution in [0.4, 0.5) is 10.8 Å². The maximum atomic E-state index is 12.7. The summed E-state index contributed by atoms with van der Waals surface area (Å²) in [7, 11) is 1.92. The first-order valence-corrected chi connectivity index (χ1v) is 10.1. The molecule has 0 bridgehead atoms. The highest BCUT2D eigenvalue weighted by molar-refractivity contribution is 7.13. The Balaban J connectivity index is 1.48. The van der Waals surface area contributed by atoms with Crippen molar-refractivity contribution >= 4 is 33.8 Å². The third-order valence-electron chi connectivity index (χ3n) is 4.87. The third-order valence-corrected chi connectivity index (χ3v) is 5.56. The van der Waals surface area contributed by atoms with Crippen molar-refractivity contribution in [2.24, 2.45) is 12.0 Å². The van der Waals surface area contributed by atoms with E-state index in [1.165, 1.54) is 11.3 Å². The highest BCUT2D eigenvalue weighted by Gasteiger charge is 2.24. The molecule has 0 saturated heterocycles. The van der Waals surface area contributed by atoms with Crippen LogP contribution in [0.25, 0.3) is 11.3 Å². The van der Waals surface area contributed by atoms with Crippen molar-refractivity contribution in [2.45, 2.75) is 6.42 Å². The van der Waals surface area contributed by atoms with Gasteiger partial charge >= 0.3 is 0 Å². The number of nitrogens with one attached hydrogen (secondary N) is 1. The molecule has 1 aliphatic rings. The predicted octanol–water partition coefficient (Wildman–Crippen LogP) is 4.47. The Kier molecular flexibility index (Phi) is 4.29. The van der Waals surface area contributed by atoms with Crippen LogP contribution in [-0.4, -0.2) is 26.4 Å². The average Bonchev–Trinajstić information content (AvgIpc) is 3.47. The molecule has 0 fully saturated rings. The van der Waals surface area contributed by atoms with Gasteiger partial charge in [-0.3, -0.25) is 14.8 Å². The van der Waals surface area contributed by atoms with Gasteiger partial charge in [0.2, 0.25) is 0 Å². The molecule has 2 aromatic heterocycles. The van der Waals surface area contributed by atoms with E-state index in [2.05, 4.69) is 21.5 Å². The van der Waals surface area contributed by atoms with Gasteiger partial charge in [-0.05, 0) is 17.7 Å². The van der Waals surface area contributed by atoms with E-state index < -0.39 is 0 Å². The van der Waals surface area contributed by atoms with E-state index in [-0.39, 0.29) is 5.91 Å². The maximum Gasteiger partial charge on any atom is 0.259 e. The van der Waals surface area contributed by atoms with Crippen molar-refractivity contribution in [3.8, 4) is 11.3 Å². The zero-order valence-electron chi connectivity index (χ0n) is 15.7. The number of benzene rings is 2. The number of fused-ring (bicyclic) bond motifs is 1. The van der Waals surface area contributed by atoms with Crippen molar-refractivity contribution in [1.82, 2.24) is 14.8 Å². The summed E-state index contributed by atoms with van der Waals surface area (Å²) >= 11 is 1.39. The molecule has 3 heterocycles. The van der Waals surface area contributed by atoms with E-state index in [1.54, 1.807) is 12.3 Å². The molecule has 6 nitrogen and oxygen atoms in total. The fourth-order valence-electron chi connectivity index (χ4n) is 3.49. The molecule has 1 N–H and O–H groups in total. The molecule has 142 valence electrons. The maximum absolute atomic E-state index is 12.7. The molecule has 2 aromatic carbocycles. The summed E-state index contributed by atoms with van der Waals surface area (Å²) in [6.45, 7) is 0. The molecular weight excluding hydrogens is 382 g/mol. The van der Waals surface area contributed by atoms with Gasteiger partial charge in [-0.25, -0.2) is 9.98 Å². The molecule has 0 spiro atoms. The van der Waals surface area contributed by atoms with Crippen LogP contribution in [0.3, 0.4) is 0 Å². The molecule has 0 aliphatic carbocycles. The Morgan fingerprint density at radius 3 is 2.79 bits per heavy atom. The van der Waals surface area contributed by atoms with Gasteiger partial charge in [-0.1, -0.05) is 42.5 Å². The second kappa shape index (κ2) is 7.10. The van der Waals surface area contributed by atoms with Crippen LogP contribution in [0.5, 0.6) is 0 Å². The van der Waals surface area contributed by atoms with Gasteiger partial charge in [-0.15, -0.1) is 11.3 Å². The largest absolute Gasteiger partial charge is 0.298 e. The van der Waals surface area contributed by atoms with Gasteiger partial charge in [0.25, 0.3) is 5.91 Å². The Morgan fingerprint density at radius 2 is 2.00 bits per heavy atom. The second-order valence-electron chi connectivity index (χ2n) is 6.74. The summed E-state index contributed by atoms with van der Waals surface area (Å²) in [6.07, 6.45) is 2.33. The first-order chi connectivity index (χ1) is 14.2. The molecular formula is C22H17N5OS. The first-order valence-electron chi connectivity index (χ1n) is 9.19. The van der Waals surface area contributed by atoms with E-state index in [1.807, 2.05) is 59.6 Å². The number of rotatable bonds is 4. The van der Waals surface area contributed by atoms with Crippen LogP contribution < -0.4 is 5.32 Å². The Hall–Kier alpha value is -3.58. The summed E-state index contributed by atoms with van der Waals surface area (Å²) < 4.78 is 1.85. The first kappa shape index (κ1) is 17.5. The standard InChI is InChI=1S/C22H17N5OS/c1-27-19(13-17(26-27)14-6-3-2-4-7-14)18-12-15-8-5-9-16(20(15)24-18)21(28)25-22-23-10-11-29-22/h2-11,13H,12H2,1H3,(H,23,25,28). The number of nitrogens with zero attached hydrogens (tertiary/aromatic N) is 4. The Morgan fingerprint density at radius 1 is 1.14 bits per heavy atom. The molecule has 4 aromatic rings. The molecule has 29 heavy (non-hydrogen) atoms. The van der Waals surface area contributed by atoms with Crippen LogP contribution in [-0.2, 0) is 13.5 Å². The van der Waals surface area contributed by atoms with Gasteiger partial charge in [0, 0.05) is 30.6 Å². The van der Waals surface area contributed by atoms with Gasteiger partial charge in [0.1, 0.15) is 0 Å². The average molecular weight is 399 g/mol. The van der Waals surface area contributed by atoms with Crippen LogP contribution in [0.1, 0.15) is 21.6 Å². The van der Waals surface area contributed by atoms with E-state index in [4.69, 9.17) is 4.99 Å². The van der Waals surface area contributed by atoms with E-state index in [0.717, 1.165) is 33.9 Å². The van der Waals surface area contributed by atoms with E-state index in [0.29, 0.717) is 17.1 Å². The minimum atomic E-state index is -0.197. The monoisotopic (exact) mass is 399 g/mol. The molecule has 1 amide bonds. The second-order valence-corrected chi connectivity index (χ2v) is 7.64. The van der Waals surface area contributed by atoms with Gasteiger partial charge in [0.15, 0.2) is 5.13 Å². The minimum Gasteiger partial charge on any atom is -0.298 e. The molecule has 0 radical (unpaired) electrons. The number of aromatic nitrogens is 3. The van der Waals surface area contributed by atoms with Crippen molar-refractivity contribution in [2.75, 3.05) is 5.32 Å². The van der Waals surface area contributed by atoms with Crippen molar-refractivity contribution in [1.29, 1.82) is 0 Å². The normalized spacial score (nSPS) is 12.5. The summed E-state index contributed by atoms with van der Waals surface area (Å²) in [6, 6.07) is 17.8. The fraction of sp³-hybridized carbons (Fsp3) is 0.0909. The number of aliphatic imine (C=N–C) groups is 1. The van der Waals surface area contributed by atoms with Crippen LogP contribution >= 0.6 is 11.3 Å². The van der Waals surface area contributed by atoms with Crippen molar-refractivity contribution in [3.63, 3.8) is 0 Å². The zero-order valence-corrected chi connectivity index (χ0v) is 16.5. The Bertz CT molecular complexity index is 1230. The number of amides is 1. The fourth-order valence-corrected chi connectivity index (χ4v) is 4.01. The van der Waals surface area contributed by atoms with Gasteiger partial charge in [0.05, 0.1) is 28.4 Å². The topological polar surface area (TPSA) is 72.2 Å². The lowest BCUT2D eigenvalue weighted by Gasteiger charge is -2.05. The number of thiazole rings is 1. The van der Waals surface area contributed by atoms with Crippen LogP contribution in [0.15, 0.2) is 71.2 Å². The van der Waals surface area contributed by atoms with Gasteiger partial charge in [-0.2, -0.15) is 5.10 Å². The number of aryl methyl sites for hydroxylation is 1. The summed E-state index contributed by atoms with van der Waals surface area (Å²) in [5.74, 6) is -0.197. The Labute approximate surface area is 171 Å². The lowest BCUT2D eigenvalue weighted by molar-refractivity contribution is 0.102. The summed E-state index contributed by atoms with van der Waals surface area (Å²) in [5, 5.41) is 9.89. The highest BCUT2D eigenvalue weighted by Crippen LogP contribution is 2.33. The van der Waals surface area contributed by atoms with E-state index >= 15 is 0 Å². The van der Waals surface area contributed by atoms with E-state index in [9.17, 15) is 4.79 Å². The van der Waals surface area contributed by atoms with Gasteiger partial charge < -0.3 is 0 Å². The number of hydrogen-bond donors (Lipinski definition) is 1. The third kappa shape index (κ3) is 3.25. The number of anilines is 1. The predicted molar refractivity (Wildman–Crippen MR) is 115 cm³/mol. The summed E-state index contributed by atoms with van der Waals surface area (Å²) in [5.41, 5.74) is 6.14. The number of carbonyl (C=O) groups is 1. The lowest BCUT2D eigenvalue weighted by Crippen LogP contribution is -2.11. The number of carbonyl (C=O) groups excluding carboxylic acids is 1. The molecule has 5 rings (SSSR count). The lowest BCUT2D eigenvalue weighted by atomic mass is 10.0. The van der Waals surface area contributed by atoms with Crippen molar-refractivity contribution in [3.05, 3.63) is 83.0 Å². The summed E-state index contributed by atoms with van der Waals surface area (Å²) in [4.78, 5) is 21.7. The molecule has 1 aliphatic heterocycles. The van der Waals surface area contributed by atoms with Crippen molar-refractivity contribution < 1.29 is 4.79 Å². The molecule has 0 saturated carbocycles. The number of para-hydroxylation sites is 1. The smallest absolute Gasteiger partial charge is 0.259 e. The molecule has 0 unspecified atom stereocenters. The zero-order chi connectivity index (χ0) is 19.8.